The van der Waals surface area contributed by atoms with E-state index in [-0.39, 0.29) is 18.2 Å². The average Bonchev–Trinajstić information content (AvgIpc) is 2.98. The molecule has 1 heterocycles. The van der Waals surface area contributed by atoms with Crippen molar-refractivity contribution in [3.63, 3.8) is 0 Å². The summed E-state index contributed by atoms with van der Waals surface area (Å²) < 4.78 is 5.00. The molecule has 3 aromatic rings. The quantitative estimate of drug-likeness (QED) is 0.544. The van der Waals surface area contributed by atoms with Crippen molar-refractivity contribution in [1.82, 2.24) is 20.4 Å². The standard InChI is InChI=1S/C16H15N5O3/c1-24-15-8-11(6-7-14(15)22)9-17-18-16(23)10-21-19-12-4-2-3-5-13(12)20-21/h2-9,22H,10H2,1H3,(H,18,23)/b17-9-. The topological polar surface area (TPSA) is 102 Å². The number of carbonyl (C=O) groups excluding carboxylic acids is 1. The summed E-state index contributed by atoms with van der Waals surface area (Å²) in [6.07, 6.45) is 1.45. The average molecular weight is 325 g/mol. The summed E-state index contributed by atoms with van der Waals surface area (Å²) in [4.78, 5) is 13.2. The third-order valence-electron chi connectivity index (χ3n) is 3.22. The molecule has 0 bridgehead atoms. The predicted molar refractivity (Wildman–Crippen MR) is 87.9 cm³/mol. The molecule has 3 rings (SSSR count). The third-order valence-corrected chi connectivity index (χ3v) is 3.22. The lowest BCUT2D eigenvalue weighted by molar-refractivity contribution is -0.122. The van der Waals surface area contributed by atoms with E-state index in [1.807, 2.05) is 24.3 Å². The van der Waals surface area contributed by atoms with Crippen LogP contribution >= 0.6 is 0 Å². The number of phenolic OH excluding ortho intramolecular Hbond substituents is 1. The molecule has 1 aromatic heterocycles. The summed E-state index contributed by atoms with van der Waals surface area (Å²) in [5.74, 6) is 0.0190. The van der Waals surface area contributed by atoms with Gasteiger partial charge in [0.25, 0.3) is 5.91 Å². The number of hydrogen-bond donors (Lipinski definition) is 2. The van der Waals surface area contributed by atoms with Gasteiger partial charge in [0.2, 0.25) is 0 Å². The summed E-state index contributed by atoms with van der Waals surface area (Å²) in [5, 5.41) is 21.8. The zero-order valence-electron chi connectivity index (χ0n) is 12.9. The molecule has 0 aliphatic heterocycles. The normalized spacial score (nSPS) is 11.0. The lowest BCUT2D eigenvalue weighted by Crippen LogP contribution is -2.24. The van der Waals surface area contributed by atoms with Crippen LogP contribution in [0.15, 0.2) is 47.6 Å². The van der Waals surface area contributed by atoms with Crippen molar-refractivity contribution in [2.45, 2.75) is 6.54 Å². The maximum Gasteiger partial charge on any atom is 0.263 e. The lowest BCUT2D eigenvalue weighted by atomic mass is 10.2. The Hall–Kier alpha value is -3.42. The molecule has 0 fully saturated rings. The van der Waals surface area contributed by atoms with Crippen LogP contribution in [0.1, 0.15) is 5.56 Å². The zero-order valence-corrected chi connectivity index (χ0v) is 12.9. The van der Waals surface area contributed by atoms with E-state index < -0.39 is 0 Å². The van der Waals surface area contributed by atoms with Gasteiger partial charge in [0.15, 0.2) is 11.5 Å². The smallest absolute Gasteiger partial charge is 0.263 e. The highest BCUT2D eigenvalue weighted by Gasteiger charge is 2.06. The molecule has 0 atom stereocenters. The van der Waals surface area contributed by atoms with Crippen LogP contribution < -0.4 is 10.2 Å². The SMILES string of the molecule is COc1cc(/C=N\NC(=O)Cn2nc3ccccc3n2)ccc1O. The van der Waals surface area contributed by atoms with E-state index in [2.05, 4.69) is 20.7 Å². The number of methoxy groups -OCH3 is 1. The highest BCUT2D eigenvalue weighted by atomic mass is 16.5. The molecular weight excluding hydrogens is 310 g/mol. The van der Waals surface area contributed by atoms with E-state index in [0.717, 1.165) is 11.0 Å². The number of hydrazone groups is 1. The summed E-state index contributed by atoms with van der Waals surface area (Å²) in [6, 6.07) is 12.1. The van der Waals surface area contributed by atoms with E-state index in [4.69, 9.17) is 4.74 Å². The Bertz CT molecular complexity index is 871. The number of nitrogens with one attached hydrogen (secondary N) is 1. The van der Waals surface area contributed by atoms with Crippen LogP contribution in [-0.4, -0.2) is 39.3 Å². The number of nitrogens with zero attached hydrogens (tertiary/aromatic N) is 4. The summed E-state index contributed by atoms with van der Waals surface area (Å²) >= 11 is 0. The molecule has 0 unspecified atom stereocenters. The number of hydrogen-bond acceptors (Lipinski definition) is 6. The molecule has 1 amide bonds. The van der Waals surface area contributed by atoms with Crippen LogP contribution in [0.4, 0.5) is 0 Å². The second-order valence-electron chi connectivity index (χ2n) is 4.94. The van der Waals surface area contributed by atoms with Gasteiger partial charge in [0.05, 0.1) is 13.3 Å². The van der Waals surface area contributed by atoms with Crippen molar-refractivity contribution in [2.24, 2.45) is 5.10 Å². The third kappa shape index (κ3) is 3.49. The van der Waals surface area contributed by atoms with E-state index >= 15 is 0 Å². The Morgan fingerprint density at radius 3 is 2.67 bits per heavy atom. The first kappa shape index (κ1) is 15.5. The fourth-order valence-corrected chi connectivity index (χ4v) is 2.09. The highest BCUT2D eigenvalue weighted by molar-refractivity contribution is 5.83. The second kappa shape index (κ2) is 6.78. The van der Waals surface area contributed by atoms with Crippen molar-refractivity contribution in [3.05, 3.63) is 48.0 Å². The number of ether oxygens (including phenoxy) is 1. The van der Waals surface area contributed by atoms with Crippen LogP contribution in [0.5, 0.6) is 11.5 Å². The fourth-order valence-electron chi connectivity index (χ4n) is 2.09. The monoisotopic (exact) mass is 325 g/mol. The molecule has 0 aliphatic carbocycles. The molecule has 8 heteroatoms. The van der Waals surface area contributed by atoms with Crippen LogP contribution in [0, 0.1) is 0 Å². The maximum atomic E-state index is 11.9. The number of fused-ring (bicyclic) bond motifs is 1. The second-order valence-corrected chi connectivity index (χ2v) is 4.94. The van der Waals surface area contributed by atoms with E-state index in [1.165, 1.54) is 24.2 Å². The van der Waals surface area contributed by atoms with E-state index in [9.17, 15) is 9.90 Å². The van der Waals surface area contributed by atoms with Gasteiger partial charge in [-0.15, -0.1) is 0 Å². The first-order valence-electron chi connectivity index (χ1n) is 7.14. The lowest BCUT2D eigenvalue weighted by Gasteiger charge is -2.03. The fraction of sp³-hybridized carbons (Fsp3) is 0.125. The molecule has 2 aromatic carbocycles. The molecule has 8 nitrogen and oxygen atoms in total. The molecule has 0 saturated carbocycles. The van der Waals surface area contributed by atoms with Gasteiger partial charge in [0.1, 0.15) is 17.6 Å². The predicted octanol–water partition coefficient (Wildman–Crippen LogP) is 1.30. The minimum absolute atomic E-state index is 0.0368. The van der Waals surface area contributed by atoms with Gasteiger partial charge in [-0.1, -0.05) is 12.1 Å². The van der Waals surface area contributed by atoms with Gasteiger partial charge in [-0.05, 0) is 35.9 Å². The summed E-state index contributed by atoms with van der Waals surface area (Å²) in [6.45, 7) is -0.0368. The Balaban J connectivity index is 1.60. The number of aromatic nitrogens is 3. The molecule has 2 N–H and O–H groups in total. The maximum absolute atomic E-state index is 11.9. The summed E-state index contributed by atoms with van der Waals surface area (Å²) in [5.41, 5.74) is 4.53. The van der Waals surface area contributed by atoms with Crippen LogP contribution in [-0.2, 0) is 11.3 Å². The van der Waals surface area contributed by atoms with E-state index in [0.29, 0.717) is 11.3 Å². The molecular formula is C16H15N5O3. The Kier molecular flexibility index (Phi) is 4.37. The van der Waals surface area contributed by atoms with Crippen LogP contribution in [0.3, 0.4) is 0 Å². The van der Waals surface area contributed by atoms with Crippen LogP contribution in [0.2, 0.25) is 0 Å². The highest BCUT2D eigenvalue weighted by Crippen LogP contribution is 2.25. The van der Waals surface area contributed by atoms with Crippen LogP contribution in [0.25, 0.3) is 11.0 Å². The van der Waals surface area contributed by atoms with Crippen molar-refractivity contribution < 1.29 is 14.6 Å². The molecule has 0 radical (unpaired) electrons. The molecule has 122 valence electrons. The first-order chi connectivity index (χ1) is 11.7. The van der Waals surface area contributed by atoms with Gasteiger partial charge in [-0.3, -0.25) is 4.79 Å². The van der Waals surface area contributed by atoms with Crippen molar-refractivity contribution in [2.75, 3.05) is 7.11 Å². The Labute approximate surface area is 137 Å². The van der Waals surface area contributed by atoms with Crippen molar-refractivity contribution in [1.29, 1.82) is 0 Å². The molecule has 0 spiro atoms. The summed E-state index contributed by atoms with van der Waals surface area (Å²) in [7, 11) is 1.46. The molecule has 0 aliphatic rings. The van der Waals surface area contributed by atoms with Gasteiger partial charge in [0, 0.05) is 0 Å². The van der Waals surface area contributed by atoms with Gasteiger partial charge < -0.3 is 9.84 Å². The Morgan fingerprint density at radius 2 is 2.00 bits per heavy atom. The Morgan fingerprint density at radius 1 is 1.29 bits per heavy atom. The molecule has 24 heavy (non-hydrogen) atoms. The number of benzene rings is 2. The first-order valence-corrected chi connectivity index (χ1v) is 7.14. The zero-order chi connectivity index (χ0) is 16.9. The minimum atomic E-state index is -0.350. The van der Waals surface area contributed by atoms with E-state index in [1.54, 1.807) is 12.1 Å². The number of rotatable bonds is 5. The van der Waals surface area contributed by atoms with Crippen molar-refractivity contribution >= 4 is 23.2 Å². The number of carbonyl (C=O) groups is 1. The molecule has 0 saturated heterocycles. The van der Waals surface area contributed by atoms with Crippen molar-refractivity contribution in [3.8, 4) is 11.5 Å². The number of phenols is 1. The number of aromatic hydroxyl groups is 1. The van der Waals surface area contributed by atoms with Gasteiger partial charge in [-0.25, -0.2) is 5.43 Å². The minimum Gasteiger partial charge on any atom is -0.504 e. The van der Waals surface area contributed by atoms with Gasteiger partial charge >= 0.3 is 0 Å². The number of amides is 1. The largest absolute Gasteiger partial charge is 0.504 e. The van der Waals surface area contributed by atoms with Gasteiger partial charge in [-0.2, -0.15) is 20.1 Å².